The molecule has 0 aliphatic rings. The summed E-state index contributed by atoms with van der Waals surface area (Å²) < 4.78 is 11.0. The molecule has 3 atom stereocenters. The van der Waals surface area contributed by atoms with Gasteiger partial charge in [0.05, 0.1) is 0 Å². The van der Waals surface area contributed by atoms with E-state index in [4.69, 9.17) is 21.6 Å². The van der Waals surface area contributed by atoms with E-state index >= 15 is 0 Å². The molecule has 0 fully saturated rings. The number of carbonyl (C=O) groups is 5. The van der Waals surface area contributed by atoms with Gasteiger partial charge in [0.15, 0.2) is 0 Å². The number of alkyl carbamates (subject to hydrolysis) is 1. The molecule has 0 spiro atoms. The molecule has 2 rings (SSSR count). The van der Waals surface area contributed by atoms with Crippen molar-refractivity contribution in [2.75, 3.05) is 0 Å². The summed E-state index contributed by atoms with van der Waals surface area (Å²) in [6.07, 6.45) is 4.68. The number of carbonyl (C=O) groups excluding carboxylic acids is 5. The van der Waals surface area contributed by atoms with Crippen LogP contribution in [0.15, 0.2) is 54.6 Å². The lowest BCUT2D eigenvalue weighted by Gasteiger charge is -2.38. The van der Waals surface area contributed by atoms with Crippen molar-refractivity contribution >= 4 is 29.8 Å². The molecule has 4 N–H and O–H groups in total. The minimum absolute atomic E-state index is 0.113. The van der Waals surface area contributed by atoms with Gasteiger partial charge in [-0.1, -0.05) is 54.5 Å². The number of terminal acetylenes is 1. The molecule has 11 nitrogen and oxygen atoms in total. The third-order valence-electron chi connectivity index (χ3n) is 6.71. The Labute approximate surface area is 277 Å². The van der Waals surface area contributed by atoms with Crippen LogP contribution in [0.25, 0.3) is 0 Å². The molecule has 3 unspecified atom stereocenters. The van der Waals surface area contributed by atoms with Gasteiger partial charge >= 0.3 is 12.1 Å². The van der Waals surface area contributed by atoms with E-state index in [-0.39, 0.29) is 19.3 Å². The van der Waals surface area contributed by atoms with Crippen LogP contribution in [0.2, 0.25) is 0 Å². The molecule has 0 heterocycles. The van der Waals surface area contributed by atoms with E-state index in [1.54, 1.807) is 79.7 Å². The molecule has 0 saturated carbocycles. The van der Waals surface area contributed by atoms with Crippen molar-refractivity contribution in [2.24, 2.45) is 5.73 Å². The fourth-order valence-corrected chi connectivity index (χ4v) is 4.80. The minimum Gasteiger partial charge on any atom is -0.458 e. The van der Waals surface area contributed by atoms with Crippen LogP contribution in [0.5, 0.6) is 0 Å². The number of benzene rings is 2. The normalized spacial score (nSPS) is 13.4. The van der Waals surface area contributed by atoms with Crippen molar-refractivity contribution in [3.63, 3.8) is 0 Å². The highest BCUT2D eigenvalue weighted by molar-refractivity contribution is 5.94. The number of primary amides is 1. The molecule has 0 radical (unpaired) electrons. The average molecular weight is 649 g/mol. The van der Waals surface area contributed by atoms with Gasteiger partial charge in [0.25, 0.3) is 0 Å². The van der Waals surface area contributed by atoms with Crippen LogP contribution in [0, 0.1) is 12.3 Å². The predicted molar refractivity (Wildman–Crippen MR) is 179 cm³/mol. The zero-order chi connectivity index (χ0) is 35.5. The summed E-state index contributed by atoms with van der Waals surface area (Å²) in [6.45, 7) is 13.6. The molecule has 254 valence electrons. The fourth-order valence-electron chi connectivity index (χ4n) is 4.80. The number of hydrogen-bond donors (Lipinski definition) is 3. The first-order valence-corrected chi connectivity index (χ1v) is 15.6. The van der Waals surface area contributed by atoms with Gasteiger partial charge in [-0.3, -0.25) is 14.4 Å². The third-order valence-corrected chi connectivity index (χ3v) is 6.71. The summed E-state index contributed by atoms with van der Waals surface area (Å²) in [7, 11) is 0. The number of esters is 1. The Morgan fingerprint density at radius 3 is 1.96 bits per heavy atom. The number of amides is 4. The topological polar surface area (TPSA) is 157 Å². The van der Waals surface area contributed by atoms with E-state index in [9.17, 15) is 24.0 Å². The number of rotatable bonds is 13. The van der Waals surface area contributed by atoms with E-state index < -0.39 is 65.2 Å². The van der Waals surface area contributed by atoms with Crippen LogP contribution < -0.4 is 16.4 Å². The average Bonchev–Trinajstić information content (AvgIpc) is 2.95. The first kappa shape index (κ1) is 38.3. The molecule has 0 bridgehead atoms. The van der Waals surface area contributed by atoms with Crippen molar-refractivity contribution < 1.29 is 33.4 Å². The Morgan fingerprint density at radius 1 is 0.851 bits per heavy atom. The van der Waals surface area contributed by atoms with Gasteiger partial charge in [0, 0.05) is 24.4 Å². The van der Waals surface area contributed by atoms with Crippen molar-refractivity contribution in [1.82, 2.24) is 15.5 Å². The molecule has 2 aromatic carbocycles. The molecular formula is C36H48N4O7. The Kier molecular flexibility index (Phi) is 13.6. The largest absolute Gasteiger partial charge is 0.458 e. The molecule has 47 heavy (non-hydrogen) atoms. The summed E-state index contributed by atoms with van der Waals surface area (Å²) >= 11 is 0. The molecule has 0 aliphatic heterocycles. The maximum Gasteiger partial charge on any atom is 0.408 e. The van der Waals surface area contributed by atoms with Gasteiger partial charge in [-0.25, -0.2) is 9.59 Å². The lowest BCUT2D eigenvalue weighted by atomic mass is 9.95. The highest BCUT2D eigenvalue weighted by Gasteiger charge is 2.40. The summed E-state index contributed by atoms with van der Waals surface area (Å²) in [5, 5.41) is 5.38. The van der Waals surface area contributed by atoms with E-state index in [0.29, 0.717) is 11.1 Å². The molecule has 0 saturated heterocycles. The second-order valence-corrected chi connectivity index (χ2v) is 13.5. The number of ether oxygens (including phenoxy) is 2. The third kappa shape index (κ3) is 12.5. The lowest BCUT2D eigenvalue weighted by Crippen LogP contribution is -2.57. The summed E-state index contributed by atoms with van der Waals surface area (Å²) in [4.78, 5) is 68.2. The van der Waals surface area contributed by atoms with E-state index in [1.165, 1.54) is 4.90 Å². The van der Waals surface area contributed by atoms with Crippen LogP contribution in [-0.4, -0.2) is 64.0 Å². The first-order chi connectivity index (χ1) is 21.8. The van der Waals surface area contributed by atoms with E-state index in [1.807, 2.05) is 30.3 Å². The van der Waals surface area contributed by atoms with Crippen molar-refractivity contribution in [3.05, 3.63) is 71.3 Å². The van der Waals surface area contributed by atoms with Gasteiger partial charge in [0.2, 0.25) is 17.7 Å². The minimum atomic E-state index is -1.35. The summed E-state index contributed by atoms with van der Waals surface area (Å²) in [5.41, 5.74) is 5.12. The molecule has 4 amide bonds. The fraction of sp³-hybridized carbons (Fsp3) is 0.472. The number of nitrogens with zero attached hydrogens (tertiary/aromatic N) is 1. The van der Waals surface area contributed by atoms with Crippen molar-refractivity contribution in [1.29, 1.82) is 0 Å². The highest BCUT2D eigenvalue weighted by Crippen LogP contribution is 2.29. The van der Waals surface area contributed by atoms with Crippen LogP contribution in [0.1, 0.15) is 91.0 Å². The second-order valence-electron chi connectivity index (χ2n) is 13.5. The zero-order valence-electron chi connectivity index (χ0n) is 28.6. The molecule has 2 aromatic rings. The van der Waals surface area contributed by atoms with Crippen LogP contribution in [-0.2, 0) is 35.1 Å². The standard InChI is InChI=1S/C36H48N4O7/c1-10-25-18-14-15-19-26(25)30(31(42)38-28(33(44)46-35(4,5)6)22-24-16-12-11-13-17-24)40(23(2)3)32(43)27(20-21-29(37)41)39-34(45)47-36(7,8)9/h1,11-19,23,27-28,30H,20-22H2,2-9H3,(H2,37,41)(H,38,42)(H,39,45). The van der Waals surface area contributed by atoms with Gasteiger partial charge in [-0.2, -0.15) is 0 Å². The van der Waals surface area contributed by atoms with Gasteiger partial charge in [-0.05, 0) is 79.0 Å². The van der Waals surface area contributed by atoms with Crippen LogP contribution in [0.4, 0.5) is 4.79 Å². The first-order valence-electron chi connectivity index (χ1n) is 15.6. The zero-order valence-corrected chi connectivity index (χ0v) is 28.6. The SMILES string of the molecule is C#Cc1ccccc1C(C(=O)NC(Cc1ccccc1)C(=O)OC(C)(C)C)N(C(=O)C(CCC(N)=O)NC(=O)OC(C)(C)C)C(C)C. The number of nitrogens with two attached hydrogens (primary N) is 1. The van der Waals surface area contributed by atoms with Crippen LogP contribution >= 0.6 is 0 Å². The van der Waals surface area contributed by atoms with Crippen molar-refractivity contribution in [2.45, 2.75) is 110 Å². The predicted octanol–water partition coefficient (Wildman–Crippen LogP) is 4.17. The van der Waals surface area contributed by atoms with Gasteiger partial charge in [0.1, 0.15) is 29.3 Å². The number of nitrogens with one attached hydrogen (secondary N) is 2. The Hall–Kier alpha value is -4.85. The Morgan fingerprint density at radius 2 is 1.43 bits per heavy atom. The quantitative estimate of drug-likeness (QED) is 0.217. The summed E-state index contributed by atoms with van der Waals surface area (Å²) in [5.74, 6) is -0.151. The second kappa shape index (κ2) is 16.6. The monoisotopic (exact) mass is 648 g/mol. The Balaban J connectivity index is 2.66. The molecule has 0 aliphatic carbocycles. The van der Waals surface area contributed by atoms with E-state index in [0.717, 1.165) is 5.56 Å². The van der Waals surface area contributed by atoms with Crippen molar-refractivity contribution in [3.8, 4) is 12.3 Å². The molecule has 11 heteroatoms. The number of hydrogen-bond acceptors (Lipinski definition) is 7. The van der Waals surface area contributed by atoms with Gasteiger partial charge in [-0.15, -0.1) is 6.42 Å². The highest BCUT2D eigenvalue weighted by atomic mass is 16.6. The van der Waals surface area contributed by atoms with Crippen LogP contribution in [0.3, 0.4) is 0 Å². The molecule has 0 aromatic heterocycles. The van der Waals surface area contributed by atoms with Gasteiger partial charge < -0.3 is 30.7 Å². The smallest absolute Gasteiger partial charge is 0.408 e. The van der Waals surface area contributed by atoms with E-state index in [2.05, 4.69) is 16.6 Å². The maximum atomic E-state index is 14.5. The maximum absolute atomic E-state index is 14.5. The summed E-state index contributed by atoms with van der Waals surface area (Å²) in [6, 6.07) is 11.4. The lowest BCUT2D eigenvalue weighted by molar-refractivity contribution is -0.159. The molecular weight excluding hydrogens is 600 g/mol. The Bertz CT molecular complexity index is 1450.